The SMILES string of the molecule is COc1ccc(CCC(=O)NCC(=O)NCc2ccco2)cc1F. The summed E-state index contributed by atoms with van der Waals surface area (Å²) in [5.74, 6) is -0.255. The van der Waals surface area contributed by atoms with Gasteiger partial charge in [-0.3, -0.25) is 9.59 Å². The number of benzene rings is 1. The molecule has 0 unspecified atom stereocenters. The van der Waals surface area contributed by atoms with Gasteiger partial charge in [0.25, 0.3) is 0 Å². The number of nitrogens with one attached hydrogen (secondary N) is 2. The molecule has 0 saturated heterocycles. The molecule has 2 aromatic rings. The summed E-state index contributed by atoms with van der Waals surface area (Å²) in [7, 11) is 1.39. The normalized spacial score (nSPS) is 10.2. The van der Waals surface area contributed by atoms with Crippen molar-refractivity contribution in [1.29, 1.82) is 0 Å². The molecule has 2 amide bonds. The predicted octanol–water partition coefficient (Wildman–Crippen LogP) is 1.79. The van der Waals surface area contributed by atoms with Gasteiger partial charge in [-0.05, 0) is 36.2 Å². The van der Waals surface area contributed by atoms with E-state index in [9.17, 15) is 14.0 Å². The van der Waals surface area contributed by atoms with E-state index in [2.05, 4.69) is 10.6 Å². The Balaban J connectivity index is 1.67. The number of hydrogen-bond donors (Lipinski definition) is 2. The number of methoxy groups -OCH3 is 1. The van der Waals surface area contributed by atoms with Crippen molar-refractivity contribution in [2.24, 2.45) is 0 Å². The van der Waals surface area contributed by atoms with Crippen molar-refractivity contribution in [1.82, 2.24) is 10.6 Å². The van der Waals surface area contributed by atoms with Crippen LogP contribution in [0.3, 0.4) is 0 Å². The van der Waals surface area contributed by atoms with E-state index in [1.165, 1.54) is 25.5 Å². The van der Waals surface area contributed by atoms with Gasteiger partial charge in [-0.25, -0.2) is 4.39 Å². The third kappa shape index (κ3) is 5.42. The van der Waals surface area contributed by atoms with Crippen LogP contribution in [0.15, 0.2) is 41.0 Å². The lowest BCUT2D eigenvalue weighted by molar-refractivity contribution is -0.126. The Kier molecular flexibility index (Phi) is 6.36. The van der Waals surface area contributed by atoms with E-state index in [1.807, 2.05) is 0 Å². The minimum Gasteiger partial charge on any atom is -0.494 e. The Morgan fingerprint density at radius 1 is 1.21 bits per heavy atom. The topological polar surface area (TPSA) is 80.6 Å². The molecular weight excluding hydrogens is 315 g/mol. The Morgan fingerprint density at radius 3 is 2.71 bits per heavy atom. The van der Waals surface area contributed by atoms with Crippen molar-refractivity contribution in [3.63, 3.8) is 0 Å². The molecule has 24 heavy (non-hydrogen) atoms. The maximum Gasteiger partial charge on any atom is 0.239 e. The summed E-state index contributed by atoms with van der Waals surface area (Å²) in [6.07, 6.45) is 2.06. The largest absolute Gasteiger partial charge is 0.494 e. The molecule has 0 atom stereocenters. The first-order valence-corrected chi connectivity index (χ1v) is 7.46. The highest BCUT2D eigenvalue weighted by Gasteiger charge is 2.08. The summed E-state index contributed by atoms with van der Waals surface area (Å²) >= 11 is 0. The molecule has 0 radical (unpaired) electrons. The second-order valence-corrected chi connectivity index (χ2v) is 5.10. The molecule has 0 spiro atoms. The first-order valence-electron chi connectivity index (χ1n) is 7.46. The maximum atomic E-state index is 13.5. The Labute approximate surface area is 139 Å². The van der Waals surface area contributed by atoms with E-state index in [1.54, 1.807) is 18.2 Å². The van der Waals surface area contributed by atoms with E-state index in [0.717, 1.165) is 0 Å². The second kappa shape index (κ2) is 8.71. The lowest BCUT2D eigenvalue weighted by atomic mass is 10.1. The third-order valence-corrected chi connectivity index (χ3v) is 3.34. The molecule has 0 aliphatic heterocycles. The fraction of sp³-hybridized carbons (Fsp3) is 0.294. The molecule has 0 fully saturated rings. The molecule has 0 bridgehead atoms. The smallest absolute Gasteiger partial charge is 0.239 e. The van der Waals surface area contributed by atoms with Gasteiger partial charge >= 0.3 is 0 Å². The van der Waals surface area contributed by atoms with E-state index in [4.69, 9.17) is 9.15 Å². The zero-order chi connectivity index (χ0) is 17.4. The number of hydrogen-bond acceptors (Lipinski definition) is 4. The van der Waals surface area contributed by atoms with Gasteiger partial charge in [-0.15, -0.1) is 0 Å². The first kappa shape index (κ1) is 17.5. The Bertz CT molecular complexity index is 686. The van der Waals surface area contributed by atoms with E-state index >= 15 is 0 Å². The van der Waals surface area contributed by atoms with Crippen LogP contribution in [0.4, 0.5) is 4.39 Å². The van der Waals surface area contributed by atoms with Crippen LogP contribution in [-0.4, -0.2) is 25.5 Å². The average molecular weight is 334 g/mol. The lowest BCUT2D eigenvalue weighted by Gasteiger charge is -2.07. The van der Waals surface area contributed by atoms with Crippen LogP contribution < -0.4 is 15.4 Å². The van der Waals surface area contributed by atoms with Gasteiger partial charge in [0, 0.05) is 6.42 Å². The highest BCUT2D eigenvalue weighted by molar-refractivity contribution is 5.84. The quantitative estimate of drug-likeness (QED) is 0.771. The molecule has 0 aliphatic carbocycles. The van der Waals surface area contributed by atoms with Crippen LogP contribution in [0, 0.1) is 5.82 Å². The molecule has 2 N–H and O–H groups in total. The van der Waals surface area contributed by atoms with E-state index < -0.39 is 5.82 Å². The summed E-state index contributed by atoms with van der Waals surface area (Å²) in [5, 5.41) is 5.14. The molecule has 2 rings (SSSR count). The summed E-state index contributed by atoms with van der Waals surface area (Å²) in [4.78, 5) is 23.3. The molecule has 1 aromatic carbocycles. The molecule has 1 aromatic heterocycles. The second-order valence-electron chi connectivity index (χ2n) is 5.10. The molecular formula is C17H19FN2O4. The van der Waals surface area contributed by atoms with Crippen LogP contribution in [0.5, 0.6) is 5.75 Å². The third-order valence-electron chi connectivity index (χ3n) is 3.34. The van der Waals surface area contributed by atoms with Crippen LogP contribution in [0.2, 0.25) is 0 Å². The zero-order valence-electron chi connectivity index (χ0n) is 13.3. The van der Waals surface area contributed by atoms with Crippen molar-refractivity contribution < 1.29 is 23.1 Å². The van der Waals surface area contributed by atoms with Gasteiger partial charge in [0.05, 0.1) is 26.5 Å². The summed E-state index contributed by atoms with van der Waals surface area (Å²) in [6.45, 7) is 0.156. The number of carbonyl (C=O) groups excluding carboxylic acids is 2. The van der Waals surface area contributed by atoms with E-state index in [0.29, 0.717) is 17.7 Å². The van der Waals surface area contributed by atoms with Gasteiger partial charge in [-0.1, -0.05) is 6.07 Å². The van der Waals surface area contributed by atoms with Crippen LogP contribution >= 0.6 is 0 Å². The van der Waals surface area contributed by atoms with Crippen molar-refractivity contribution >= 4 is 11.8 Å². The van der Waals surface area contributed by atoms with Crippen molar-refractivity contribution in [2.45, 2.75) is 19.4 Å². The van der Waals surface area contributed by atoms with Crippen LogP contribution in [0.25, 0.3) is 0 Å². The number of rotatable bonds is 8. The number of amides is 2. The fourth-order valence-corrected chi connectivity index (χ4v) is 2.05. The number of carbonyl (C=O) groups is 2. The average Bonchev–Trinajstić information content (AvgIpc) is 3.10. The van der Waals surface area contributed by atoms with E-state index in [-0.39, 0.29) is 37.1 Å². The molecule has 1 heterocycles. The van der Waals surface area contributed by atoms with Gasteiger partial charge in [0.2, 0.25) is 11.8 Å². The number of ether oxygens (including phenoxy) is 1. The van der Waals surface area contributed by atoms with Gasteiger partial charge < -0.3 is 19.8 Å². The standard InChI is InChI=1S/C17H19FN2O4/c1-23-15-6-4-12(9-14(15)18)5-7-16(21)20-11-17(22)19-10-13-3-2-8-24-13/h2-4,6,8-9H,5,7,10-11H2,1H3,(H,19,22)(H,20,21). The maximum absolute atomic E-state index is 13.5. The summed E-state index contributed by atoms with van der Waals surface area (Å²) < 4.78 is 23.5. The minimum atomic E-state index is -0.465. The predicted molar refractivity (Wildman–Crippen MR) is 84.8 cm³/mol. The summed E-state index contributed by atoms with van der Waals surface area (Å²) in [5.41, 5.74) is 0.686. The van der Waals surface area contributed by atoms with Gasteiger partial charge in [0.15, 0.2) is 11.6 Å². The zero-order valence-corrected chi connectivity index (χ0v) is 13.3. The van der Waals surface area contributed by atoms with Crippen molar-refractivity contribution in [3.8, 4) is 5.75 Å². The number of halogens is 1. The number of aryl methyl sites for hydroxylation is 1. The lowest BCUT2D eigenvalue weighted by Crippen LogP contribution is -2.36. The van der Waals surface area contributed by atoms with Gasteiger partial charge in [0.1, 0.15) is 5.76 Å². The molecule has 0 saturated carbocycles. The Morgan fingerprint density at radius 2 is 2.04 bits per heavy atom. The summed E-state index contributed by atoms with van der Waals surface area (Å²) in [6, 6.07) is 8.02. The fourth-order valence-electron chi connectivity index (χ4n) is 2.05. The molecule has 6 nitrogen and oxygen atoms in total. The van der Waals surface area contributed by atoms with Crippen molar-refractivity contribution in [3.05, 3.63) is 53.7 Å². The highest BCUT2D eigenvalue weighted by Crippen LogP contribution is 2.18. The van der Waals surface area contributed by atoms with Crippen molar-refractivity contribution in [2.75, 3.05) is 13.7 Å². The van der Waals surface area contributed by atoms with Crippen LogP contribution in [0.1, 0.15) is 17.7 Å². The Hall–Kier alpha value is -2.83. The van der Waals surface area contributed by atoms with Gasteiger partial charge in [-0.2, -0.15) is 0 Å². The molecule has 7 heteroatoms. The first-order chi connectivity index (χ1) is 11.6. The monoisotopic (exact) mass is 334 g/mol. The minimum absolute atomic E-state index is 0.115. The molecule has 0 aliphatic rings. The highest BCUT2D eigenvalue weighted by atomic mass is 19.1. The number of furan rings is 1. The van der Waals surface area contributed by atoms with Crippen LogP contribution in [-0.2, 0) is 22.6 Å². The molecule has 128 valence electrons.